The zero-order valence-electron chi connectivity index (χ0n) is 4.39. The van der Waals surface area contributed by atoms with Crippen LogP contribution in [0, 0.1) is 0 Å². The van der Waals surface area contributed by atoms with Crippen molar-refractivity contribution in [3.8, 4) is 0 Å². The van der Waals surface area contributed by atoms with Crippen molar-refractivity contribution < 1.29 is 4.74 Å². The zero-order chi connectivity index (χ0) is 5.11. The molecule has 1 aliphatic heterocycles. The van der Waals surface area contributed by atoms with Gasteiger partial charge in [-0.1, -0.05) is 0 Å². The Labute approximate surface area is 57.5 Å². The summed E-state index contributed by atoms with van der Waals surface area (Å²) < 4.78 is 6.66. The molecule has 1 unspecified atom stereocenters. The van der Waals surface area contributed by atoms with Crippen LogP contribution < -0.4 is 0 Å². The van der Waals surface area contributed by atoms with Crippen LogP contribution in [0.5, 0.6) is 0 Å². The molecule has 1 saturated heterocycles. The molecule has 40 valence electrons. The van der Waals surface area contributed by atoms with Gasteiger partial charge < -0.3 is 0 Å². The molecule has 1 aliphatic rings. The summed E-state index contributed by atoms with van der Waals surface area (Å²) in [5.41, 5.74) is 0. The fourth-order valence-corrected chi connectivity index (χ4v) is 1.89. The van der Waals surface area contributed by atoms with Crippen molar-refractivity contribution >= 4 is 22.5 Å². The molecule has 0 aliphatic carbocycles. The first-order valence-electron chi connectivity index (χ1n) is 2.75. The zero-order valence-corrected chi connectivity index (χ0v) is 7.69. The minimum absolute atomic E-state index is 0.655. The molecule has 1 nitrogen and oxygen atoms in total. The van der Waals surface area contributed by atoms with Gasteiger partial charge >= 0.3 is 57.3 Å². The summed E-state index contributed by atoms with van der Waals surface area (Å²) >= 11 is 1.36. The second-order valence-electron chi connectivity index (χ2n) is 1.87. The number of hydrogen-bond donors (Lipinski definition) is 0. The van der Waals surface area contributed by atoms with Crippen LogP contribution >= 0.6 is 0 Å². The Balaban J connectivity index is 2.14. The van der Waals surface area contributed by atoms with E-state index in [-0.39, 0.29) is 0 Å². The summed E-state index contributed by atoms with van der Waals surface area (Å²) in [7, 11) is 0. The van der Waals surface area contributed by atoms with E-state index < -0.39 is 0 Å². The van der Waals surface area contributed by atoms with Gasteiger partial charge in [-0.3, -0.25) is 0 Å². The van der Waals surface area contributed by atoms with Gasteiger partial charge in [0.1, 0.15) is 0 Å². The van der Waals surface area contributed by atoms with Gasteiger partial charge in [0.15, 0.2) is 0 Å². The summed E-state index contributed by atoms with van der Waals surface area (Å²) in [5.74, 6) is 0. The first-order chi connectivity index (χ1) is 3.43. The van der Waals surface area contributed by atoms with Gasteiger partial charge in [-0.05, 0) is 0 Å². The fourth-order valence-electron chi connectivity index (χ4n) is 0.830. The fraction of sp³-hybridized carbons (Fsp3) is 1.00. The van der Waals surface area contributed by atoms with Crippen molar-refractivity contribution in [1.82, 2.24) is 0 Å². The number of hydrogen-bond acceptors (Lipinski definition) is 1. The van der Waals surface area contributed by atoms with Crippen molar-refractivity contribution in [1.29, 1.82) is 0 Å². The Kier molecular flexibility index (Phi) is 2.46. The molecule has 0 spiro atoms. The van der Waals surface area contributed by atoms with Crippen molar-refractivity contribution in [2.45, 2.75) is 23.4 Å². The molecule has 1 heterocycles. The molecule has 0 saturated carbocycles. The van der Waals surface area contributed by atoms with Gasteiger partial charge in [0.25, 0.3) is 0 Å². The number of ether oxygens (including phenoxy) is 1. The molecule has 7 heavy (non-hydrogen) atoms. The topological polar surface area (TPSA) is 9.23 Å². The molecular formula is C5H10OSn. The van der Waals surface area contributed by atoms with Crippen molar-refractivity contribution in [2.24, 2.45) is 0 Å². The first-order valence-corrected chi connectivity index (χ1v) is 5.08. The van der Waals surface area contributed by atoms with Crippen LogP contribution in [0.2, 0.25) is 4.44 Å². The molecule has 1 fully saturated rings. The van der Waals surface area contributed by atoms with E-state index >= 15 is 0 Å². The summed E-state index contributed by atoms with van der Waals surface area (Å²) in [5, 5.41) is 0. The molecule has 1 rings (SSSR count). The third-order valence-electron chi connectivity index (χ3n) is 1.29. The maximum atomic E-state index is 5.33. The molecule has 1 atom stereocenters. The van der Waals surface area contributed by atoms with Gasteiger partial charge in [0.2, 0.25) is 0 Å². The summed E-state index contributed by atoms with van der Waals surface area (Å²) in [4.78, 5) is 0. The van der Waals surface area contributed by atoms with Crippen molar-refractivity contribution in [3.63, 3.8) is 0 Å². The SMILES string of the molecule is [SnH][CH2]C1CCCO1. The van der Waals surface area contributed by atoms with E-state index in [1.807, 2.05) is 0 Å². The van der Waals surface area contributed by atoms with E-state index in [1.54, 1.807) is 0 Å². The molecule has 2 radical (unpaired) electrons. The van der Waals surface area contributed by atoms with E-state index in [9.17, 15) is 0 Å². The van der Waals surface area contributed by atoms with Crippen LogP contribution in [0.4, 0.5) is 0 Å². The summed E-state index contributed by atoms with van der Waals surface area (Å²) in [6.07, 6.45) is 3.27. The van der Waals surface area contributed by atoms with E-state index in [4.69, 9.17) is 4.74 Å². The van der Waals surface area contributed by atoms with Gasteiger partial charge in [0, 0.05) is 0 Å². The second-order valence-corrected chi connectivity index (χ2v) is 3.22. The van der Waals surface area contributed by atoms with Gasteiger partial charge in [-0.25, -0.2) is 0 Å². The molecule has 0 bridgehead atoms. The predicted molar refractivity (Wildman–Crippen MR) is 30.9 cm³/mol. The second kappa shape index (κ2) is 2.92. The van der Waals surface area contributed by atoms with Crippen LogP contribution in [-0.4, -0.2) is 35.2 Å². The van der Waals surface area contributed by atoms with Crippen LogP contribution in [0.3, 0.4) is 0 Å². The Hall–Kier alpha value is 0.759. The summed E-state index contributed by atoms with van der Waals surface area (Å²) in [6, 6.07) is 0. The molecule has 2 heteroatoms. The average molecular weight is 205 g/mol. The molecule has 0 aromatic carbocycles. The van der Waals surface area contributed by atoms with Gasteiger partial charge in [-0.2, -0.15) is 0 Å². The monoisotopic (exact) mass is 206 g/mol. The maximum absolute atomic E-state index is 5.33. The molecule has 0 amide bonds. The van der Waals surface area contributed by atoms with E-state index in [0.29, 0.717) is 6.10 Å². The van der Waals surface area contributed by atoms with E-state index in [1.165, 1.54) is 39.8 Å². The molecule has 0 aromatic rings. The van der Waals surface area contributed by atoms with Gasteiger partial charge in [-0.15, -0.1) is 0 Å². The van der Waals surface area contributed by atoms with Crippen molar-refractivity contribution in [3.05, 3.63) is 0 Å². The minimum atomic E-state index is 0.655. The predicted octanol–water partition coefficient (Wildman–Crippen LogP) is 0.484. The van der Waals surface area contributed by atoms with Crippen LogP contribution in [-0.2, 0) is 4.74 Å². The average Bonchev–Trinajstić information content (AvgIpc) is 2.14. The van der Waals surface area contributed by atoms with Gasteiger partial charge in [0.05, 0.1) is 0 Å². The normalized spacial score (nSPS) is 31.3. The molecular weight excluding hydrogens is 195 g/mol. The van der Waals surface area contributed by atoms with Crippen LogP contribution in [0.25, 0.3) is 0 Å². The third kappa shape index (κ3) is 1.61. The van der Waals surface area contributed by atoms with E-state index in [2.05, 4.69) is 0 Å². The Bertz CT molecular complexity index is 50.0. The van der Waals surface area contributed by atoms with Crippen LogP contribution in [0.1, 0.15) is 12.8 Å². The number of rotatable bonds is 1. The Morgan fingerprint density at radius 3 is 2.86 bits per heavy atom. The Morgan fingerprint density at radius 2 is 2.57 bits per heavy atom. The van der Waals surface area contributed by atoms with Crippen LogP contribution in [0.15, 0.2) is 0 Å². The van der Waals surface area contributed by atoms with E-state index in [0.717, 1.165) is 6.61 Å². The first kappa shape index (κ1) is 5.89. The van der Waals surface area contributed by atoms with Crippen molar-refractivity contribution in [2.75, 3.05) is 6.61 Å². The third-order valence-corrected chi connectivity index (χ3v) is 2.79. The summed E-state index contributed by atoms with van der Waals surface area (Å²) in [6.45, 7) is 1.02. The quantitative estimate of drug-likeness (QED) is 0.565. The molecule has 0 aromatic heterocycles. The standard InChI is InChI=1S/C5H9O.Sn.H/c1-5-3-2-4-6-5;;/h5H,1-4H2;;. The Morgan fingerprint density at radius 1 is 1.71 bits per heavy atom. The molecule has 0 N–H and O–H groups in total.